The number of carbonyl (C=O) groups excluding carboxylic acids is 3. The van der Waals surface area contributed by atoms with Gasteiger partial charge in [0.1, 0.15) is 30.4 Å². The molecule has 2 aromatic carbocycles. The molecule has 2 unspecified atom stereocenters. The summed E-state index contributed by atoms with van der Waals surface area (Å²) in [4.78, 5) is 66.6. The zero-order chi connectivity index (χ0) is 50.1. The number of carbonyl (C=O) groups is 4. The average molecular weight is 976 g/mol. The third kappa shape index (κ3) is 12.1. The normalized spacial score (nSPS) is 20.0. The Morgan fingerprint density at radius 1 is 0.944 bits per heavy atom. The van der Waals surface area contributed by atoms with Gasteiger partial charge in [0.25, 0.3) is 0 Å². The molecule has 380 valence electrons. The number of piperazine rings is 2. The summed E-state index contributed by atoms with van der Waals surface area (Å²) in [7, 11) is 3.99. The fourth-order valence-electron chi connectivity index (χ4n) is 10.2. The van der Waals surface area contributed by atoms with Crippen LogP contribution in [0.5, 0.6) is 11.6 Å². The minimum Gasteiger partial charge on any atom is -0.488 e. The van der Waals surface area contributed by atoms with E-state index in [0.717, 1.165) is 67.8 Å². The monoisotopic (exact) mass is 976 g/mol. The van der Waals surface area contributed by atoms with E-state index < -0.39 is 29.4 Å². The van der Waals surface area contributed by atoms with Gasteiger partial charge in [-0.3, -0.25) is 19.3 Å². The first-order valence-corrected chi connectivity index (χ1v) is 25.0. The number of benzene rings is 2. The van der Waals surface area contributed by atoms with Crippen LogP contribution >= 0.6 is 0 Å². The van der Waals surface area contributed by atoms with Crippen molar-refractivity contribution in [2.45, 2.75) is 96.0 Å². The standard InChI is InChI=1S/C52H69N11O8/c1-5-69-50(66)52(21-10-22-52)49(65)56-42(12-8-9-24-59(3)4)48(64)55-37-16-14-36(15-17-37)34-71-45-13-7-6-11-41(45)43-30-44(47(53)58-57-43)62-32-39-18-19-40(33-62)63(39)38-20-23-54-46(29-38)70-28-27-60-25-26-61(51(67)68)31-35(60)2/h6-7,11,13-17,20,23,29-30,35,39-40,42H,5,8-10,12,18-19,21-22,24-28,31-34H2,1-4H3,(H2,53,58)(H,55,64)(H,56,65)(H,67,68)/t35-,39?,40?,42+/m1/s1. The van der Waals surface area contributed by atoms with E-state index in [0.29, 0.717) is 87.3 Å². The molecule has 2 bridgehead atoms. The second kappa shape index (κ2) is 23.0. The molecule has 19 heteroatoms. The number of amides is 3. The second-order valence-corrected chi connectivity index (χ2v) is 19.5. The minimum absolute atomic E-state index is 0.115. The van der Waals surface area contributed by atoms with E-state index in [1.54, 1.807) is 13.1 Å². The number of nitrogens with one attached hydrogen (secondary N) is 2. The Morgan fingerprint density at radius 2 is 1.70 bits per heavy atom. The number of esters is 1. The summed E-state index contributed by atoms with van der Waals surface area (Å²) in [6.07, 6.45) is 6.55. The minimum atomic E-state index is -1.24. The average Bonchev–Trinajstić information content (AvgIpc) is 3.61. The highest BCUT2D eigenvalue weighted by Gasteiger charge is 2.53. The van der Waals surface area contributed by atoms with E-state index in [-0.39, 0.29) is 37.2 Å². The van der Waals surface area contributed by atoms with Crippen molar-refractivity contribution in [1.82, 2.24) is 35.2 Å². The quantitative estimate of drug-likeness (QED) is 0.0460. The van der Waals surface area contributed by atoms with Gasteiger partial charge in [-0.2, -0.15) is 0 Å². The molecule has 4 fully saturated rings. The molecule has 71 heavy (non-hydrogen) atoms. The van der Waals surface area contributed by atoms with Crippen LogP contribution in [-0.4, -0.2) is 156 Å². The Morgan fingerprint density at radius 3 is 2.39 bits per heavy atom. The summed E-state index contributed by atoms with van der Waals surface area (Å²) in [5, 5.41) is 24.2. The van der Waals surface area contributed by atoms with Gasteiger partial charge < -0.3 is 55.3 Å². The second-order valence-electron chi connectivity index (χ2n) is 19.5. The Kier molecular flexibility index (Phi) is 16.4. The SMILES string of the molecule is CCOC(=O)C1(C(=O)N[C@@H](CCCCN(C)C)C(=O)Nc2ccc(COc3ccccc3-c3cc(N4CC5CCC(C4)N5c4ccnc(OCCN5CCN(C(=O)O)C[C@H]5C)c4)c(N)nn3)cc2)CCC1. The van der Waals surface area contributed by atoms with Crippen LogP contribution < -0.4 is 35.6 Å². The summed E-state index contributed by atoms with van der Waals surface area (Å²) < 4.78 is 17.8. The van der Waals surface area contributed by atoms with Crippen molar-refractivity contribution in [2.75, 3.05) is 94.0 Å². The molecule has 3 aliphatic heterocycles. The van der Waals surface area contributed by atoms with Crippen molar-refractivity contribution in [2.24, 2.45) is 5.41 Å². The fourth-order valence-corrected chi connectivity index (χ4v) is 10.2. The summed E-state index contributed by atoms with van der Waals surface area (Å²) in [5.74, 6) is 0.238. The topological polar surface area (TPSA) is 221 Å². The molecule has 0 spiro atoms. The smallest absolute Gasteiger partial charge is 0.407 e. The lowest BCUT2D eigenvalue weighted by atomic mass is 9.68. The third-order valence-electron chi connectivity index (χ3n) is 14.4. The van der Waals surface area contributed by atoms with Crippen molar-refractivity contribution in [1.29, 1.82) is 0 Å². The van der Waals surface area contributed by atoms with E-state index in [4.69, 9.17) is 19.9 Å². The van der Waals surface area contributed by atoms with E-state index in [9.17, 15) is 24.3 Å². The maximum absolute atomic E-state index is 13.7. The lowest BCUT2D eigenvalue weighted by Gasteiger charge is -2.43. The predicted octanol–water partition coefficient (Wildman–Crippen LogP) is 5.51. The van der Waals surface area contributed by atoms with Crippen LogP contribution in [0, 0.1) is 5.41 Å². The van der Waals surface area contributed by atoms with E-state index in [1.165, 1.54) is 4.90 Å². The number of rotatable bonds is 21. The molecule has 5 heterocycles. The van der Waals surface area contributed by atoms with Gasteiger partial charge in [0.2, 0.25) is 17.7 Å². The zero-order valence-corrected chi connectivity index (χ0v) is 41.4. The van der Waals surface area contributed by atoms with Gasteiger partial charge in [-0.05, 0) is 121 Å². The van der Waals surface area contributed by atoms with Crippen LogP contribution in [0.3, 0.4) is 0 Å². The number of ether oxygens (including phenoxy) is 3. The number of pyridine rings is 1. The number of carboxylic acid groups (broad SMARTS) is 1. The van der Waals surface area contributed by atoms with Gasteiger partial charge >= 0.3 is 12.1 Å². The highest BCUT2D eigenvalue weighted by atomic mass is 16.5. The Labute approximate surface area is 416 Å². The van der Waals surface area contributed by atoms with Crippen molar-refractivity contribution < 1.29 is 38.5 Å². The molecule has 3 saturated heterocycles. The van der Waals surface area contributed by atoms with Crippen molar-refractivity contribution >= 4 is 46.8 Å². The fraction of sp³-hybridized carbons (Fsp3) is 0.519. The molecule has 5 N–H and O–H groups in total. The van der Waals surface area contributed by atoms with E-state index >= 15 is 0 Å². The van der Waals surface area contributed by atoms with E-state index in [1.807, 2.05) is 87.7 Å². The molecule has 8 rings (SSSR count). The molecule has 4 atom stereocenters. The number of unbranched alkanes of at least 4 members (excludes halogenated alkanes) is 1. The predicted molar refractivity (Wildman–Crippen MR) is 270 cm³/mol. The Balaban J connectivity index is 0.868. The van der Waals surface area contributed by atoms with Gasteiger partial charge in [-0.1, -0.05) is 30.7 Å². The van der Waals surface area contributed by atoms with Gasteiger partial charge in [-0.25, -0.2) is 9.78 Å². The van der Waals surface area contributed by atoms with Crippen LogP contribution in [0.1, 0.15) is 70.8 Å². The molecular weight excluding hydrogens is 907 g/mol. The summed E-state index contributed by atoms with van der Waals surface area (Å²) in [6, 6.07) is 20.9. The Bertz CT molecular complexity index is 2480. The zero-order valence-electron chi connectivity index (χ0n) is 41.4. The number of nitrogens with two attached hydrogens (primary N) is 1. The first-order chi connectivity index (χ1) is 34.3. The number of nitrogen functional groups attached to an aromatic ring is 1. The first kappa shape index (κ1) is 50.7. The van der Waals surface area contributed by atoms with Gasteiger partial charge in [0.05, 0.1) is 18.0 Å². The number of para-hydroxylation sites is 1. The number of nitrogens with zero attached hydrogens (tertiary/aromatic N) is 8. The first-order valence-electron chi connectivity index (χ1n) is 25.0. The number of hydrogen-bond donors (Lipinski definition) is 4. The molecule has 4 aromatic rings. The van der Waals surface area contributed by atoms with Gasteiger partial charge in [0.15, 0.2) is 5.82 Å². The molecular formula is C52H69N11O8. The maximum atomic E-state index is 13.7. The highest BCUT2D eigenvalue weighted by Crippen LogP contribution is 2.43. The summed E-state index contributed by atoms with van der Waals surface area (Å²) in [6.45, 7) is 9.35. The molecule has 19 nitrogen and oxygen atoms in total. The number of anilines is 4. The number of aromatic nitrogens is 3. The largest absolute Gasteiger partial charge is 0.488 e. The van der Waals surface area contributed by atoms with E-state index in [2.05, 4.69) is 45.4 Å². The lowest BCUT2D eigenvalue weighted by Crippen LogP contribution is -2.56. The van der Waals surface area contributed by atoms with Crippen LogP contribution in [0.2, 0.25) is 0 Å². The highest BCUT2D eigenvalue weighted by molar-refractivity contribution is 6.06. The summed E-state index contributed by atoms with van der Waals surface area (Å²) in [5.41, 5.74) is 10.1. The molecule has 3 amide bonds. The molecule has 1 saturated carbocycles. The molecule has 1 aliphatic carbocycles. The van der Waals surface area contributed by atoms with Crippen LogP contribution in [0.15, 0.2) is 72.9 Å². The van der Waals surface area contributed by atoms with Crippen molar-refractivity contribution in [3.8, 4) is 22.9 Å². The molecule has 0 radical (unpaired) electrons. The third-order valence-corrected chi connectivity index (χ3v) is 14.4. The van der Waals surface area contributed by atoms with Crippen molar-refractivity contribution in [3.05, 3.63) is 78.5 Å². The van der Waals surface area contributed by atoms with Gasteiger partial charge in [0, 0.05) is 86.6 Å². The van der Waals surface area contributed by atoms with Crippen LogP contribution in [0.4, 0.5) is 27.7 Å². The number of hydrogen-bond acceptors (Lipinski definition) is 15. The Hall–Kier alpha value is -6.73. The molecule has 2 aromatic heterocycles. The summed E-state index contributed by atoms with van der Waals surface area (Å²) >= 11 is 0. The van der Waals surface area contributed by atoms with Crippen LogP contribution in [0.25, 0.3) is 11.3 Å². The molecule has 4 aliphatic rings. The lowest BCUT2D eigenvalue weighted by molar-refractivity contribution is -0.167. The number of fused-ring (bicyclic) bond motifs is 2. The van der Waals surface area contributed by atoms with Crippen LogP contribution in [-0.2, 0) is 25.7 Å². The maximum Gasteiger partial charge on any atom is 0.407 e. The van der Waals surface area contributed by atoms with Gasteiger partial charge in [-0.15, -0.1) is 10.2 Å². The van der Waals surface area contributed by atoms with Crippen molar-refractivity contribution in [3.63, 3.8) is 0 Å².